The summed E-state index contributed by atoms with van der Waals surface area (Å²) in [5.74, 6) is -0.989. The normalized spacial score (nSPS) is 12.3. The third-order valence-electron chi connectivity index (χ3n) is 2.36. The minimum absolute atomic E-state index is 0.382. The average molecular weight is 229 g/mol. The smallest absolute Gasteiger partial charge is 0.310 e. The number of aryl methyl sites for hydroxylation is 1. The molecule has 0 heterocycles. The fourth-order valence-corrected chi connectivity index (χ4v) is 1.84. The van der Waals surface area contributed by atoms with E-state index in [-0.39, 0.29) is 0 Å². The maximum absolute atomic E-state index is 10.8. The molecular formula is C11H13ClO3. The van der Waals surface area contributed by atoms with Crippen molar-refractivity contribution >= 4 is 17.6 Å². The van der Waals surface area contributed by atoms with Crippen LogP contribution in [0.15, 0.2) is 12.1 Å². The van der Waals surface area contributed by atoms with E-state index in [0.717, 1.165) is 5.56 Å². The van der Waals surface area contributed by atoms with E-state index in [1.54, 1.807) is 19.1 Å². The van der Waals surface area contributed by atoms with Gasteiger partial charge in [0.1, 0.15) is 5.75 Å². The van der Waals surface area contributed by atoms with Gasteiger partial charge in [-0.1, -0.05) is 23.7 Å². The minimum atomic E-state index is -0.900. The molecule has 4 heteroatoms. The molecule has 0 bridgehead atoms. The number of aliphatic carboxylic acids is 1. The number of benzene rings is 1. The van der Waals surface area contributed by atoms with Gasteiger partial charge >= 0.3 is 5.97 Å². The SMILES string of the molecule is COc1c(C)ccc(C(C)C(=O)O)c1Cl. The van der Waals surface area contributed by atoms with Gasteiger partial charge in [0.25, 0.3) is 0 Å². The van der Waals surface area contributed by atoms with Gasteiger partial charge in [-0.2, -0.15) is 0 Å². The van der Waals surface area contributed by atoms with Gasteiger partial charge in [0.2, 0.25) is 0 Å². The van der Waals surface area contributed by atoms with Crippen molar-refractivity contribution in [2.45, 2.75) is 19.8 Å². The Hall–Kier alpha value is -1.22. The number of hydrogen-bond acceptors (Lipinski definition) is 2. The quantitative estimate of drug-likeness (QED) is 0.865. The van der Waals surface area contributed by atoms with Gasteiger partial charge in [0, 0.05) is 0 Å². The summed E-state index contributed by atoms with van der Waals surface area (Å²) in [6.07, 6.45) is 0. The van der Waals surface area contributed by atoms with Crippen molar-refractivity contribution in [3.05, 3.63) is 28.3 Å². The lowest BCUT2D eigenvalue weighted by molar-refractivity contribution is -0.138. The molecule has 0 saturated heterocycles. The number of carboxylic acids is 1. The third kappa shape index (κ3) is 2.23. The zero-order chi connectivity index (χ0) is 11.6. The third-order valence-corrected chi connectivity index (χ3v) is 2.75. The summed E-state index contributed by atoms with van der Waals surface area (Å²) in [4.78, 5) is 10.8. The standard InChI is InChI=1S/C11H13ClO3/c1-6-4-5-8(7(2)11(13)14)9(12)10(6)15-3/h4-5,7H,1-3H3,(H,13,14). The molecule has 0 radical (unpaired) electrons. The predicted octanol–water partition coefficient (Wildman–Crippen LogP) is 2.85. The summed E-state index contributed by atoms with van der Waals surface area (Å²) in [6, 6.07) is 3.53. The Morgan fingerprint density at radius 2 is 2.13 bits per heavy atom. The fraction of sp³-hybridized carbons (Fsp3) is 0.364. The highest BCUT2D eigenvalue weighted by molar-refractivity contribution is 6.33. The number of halogens is 1. The molecule has 1 aromatic carbocycles. The highest BCUT2D eigenvalue weighted by atomic mass is 35.5. The van der Waals surface area contributed by atoms with Crippen LogP contribution in [0.3, 0.4) is 0 Å². The summed E-state index contributed by atoms with van der Waals surface area (Å²) >= 11 is 6.06. The van der Waals surface area contributed by atoms with Crippen LogP contribution in [0, 0.1) is 6.92 Å². The number of hydrogen-bond donors (Lipinski definition) is 1. The molecule has 0 spiro atoms. The second-order valence-corrected chi connectivity index (χ2v) is 3.76. The average Bonchev–Trinajstić information content (AvgIpc) is 2.17. The van der Waals surface area contributed by atoms with Gasteiger partial charge in [-0.05, 0) is 25.0 Å². The van der Waals surface area contributed by atoms with E-state index in [1.165, 1.54) is 7.11 Å². The van der Waals surface area contributed by atoms with Crippen molar-refractivity contribution < 1.29 is 14.6 Å². The van der Waals surface area contributed by atoms with E-state index in [2.05, 4.69) is 0 Å². The van der Waals surface area contributed by atoms with Crippen LogP contribution < -0.4 is 4.74 Å². The maximum atomic E-state index is 10.8. The molecule has 0 amide bonds. The van der Waals surface area contributed by atoms with Crippen molar-refractivity contribution in [1.82, 2.24) is 0 Å². The second kappa shape index (κ2) is 4.53. The van der Waals surface area contributed by atoms with Crippen LogP contribution in [0.5, 0.6) is 5.75 Å². The molecule has 1 atom stereocenters. The van der Waals surface area contributed by atoms with Gasteiger partial charge in [0.15, 0.2) is 0 Å². The molecule has 0 aromatic heterocycles. The van der Waals surface area contributed by atoms with Crippen LogP contribution in [0.1, 0.15) is 24.0 Å². The van der Waals surface area contributed by atoms with Crippen LogP contribution in [-0.4, -0.2) is 18.2 Å². The molecule has 0 aliphatic rings. The lowest BCUT2D eigenvalue weighted by Crippen LogP contribution is -2.08. The van der Waals surface area contributed by atoms with Crippen LogP contribution in [0.4, 0.5) is 0 Å². The van der Waals surface area contributed by atoms with Crippen LogP contribution in [0.2, 0.25) is 5.02 Å². The van der Waals surface area contributed by atoms with Crippen LogP contribution in [-0.2, 0) is 4.79 Å². The van der Waals surface area contributed by atoms with E-state index in [4.69, 9.17) is 21.4 Å². The first-order valence-electron chi connectivity index (χ1n) is 4.54. The van der Waals surface area contributed by atoms with Crippen LogP contribution >= 0.6 is 11.6 Å². The molecule has 1 aromatic rings. The largest absolute Gasteiger partial charge is 0.495 e. The molecule has 0 fully saturated rings. The van der Waals surface area contributed by atoms with Gasteiger partial charge in [-0.15, -0.1) is 0 Å². The Kier molecular flexibility index (Phi) is 3.58. The first-order chi connectivity index (χ1) is 6.99. The van der Waals surface area contributed by atoms with Crippen molar-refractivity contribution in [1.29, 1.82) is 0 Å². The van der Waals surface area contributed by atoms with E-state index in [1.807, 2.05) is 6.92 Å². The van der Waals surface area contributed by atoms with E-state index in [0.29, 0.717) is 16.3 Å². The number of methoxy groups -OCH3 is 1. The molecule has 82 valence electrons. The number of carbonyl (C=O) groups is 1. The number of ether oxygens (including phenoxy) is 1. The minimum Gasteiger partial charge on any atom is -0.495 e. The van der Waals surface area contributed by atoms with Crippen molar-refractivity contribution in [2.24, 2.45) is 0 Å². The molecule has 3 nitrogen and oxygen atoms in total. The monoisotopic (exact) mass is 228 g/mol. The topological polar surface area (TPSA) is 46.5 Å². The summed E-state index contributed by atoms with van der Waals surface area (Å²) in [5.41, 5.74) is 1.47. The van der Waals surface area contributed by atoms with E-state index in [9.17, 15) is 4.79 Å². The molecule has 0 aliphatic heterocycles. The van der Waals surface area contributed by atoms with E-state index >= 15 is 0 Å². The highest BCUT2D eigenvalue weighted by Gasteiger charge is 2.19. The summed E-state index contributed by atoms with van der Waals surface area (Å²) in [5, 5.41) is 9.28. The zero-order valence-corrected chi connectivity index (χ0v) is 9.63. The molecule has 1 N–H and O–H groups in total. The summed E-state index contributed by atoms with van der Waals surface area (Å²) in [7, 11) is 1.52. The Morgan fingerprint density at radius 3 is 2.60 bits per heavy atom. The summed E-state index contributed by atoms with van der Waals surface area (Å²) < 4.78 is 5.12. The first kappa shape index (κ1) is 11.9. The predicted molar refractivity (Wildman–Crippen MR) is 58.8 cm³/mol. The molecule has 1 rings (SSSR count). The Balaban J connectivity index is 3.27. The molecular weight excluding hydrogens is 216 g/mol. The van der Waals surface area contributed by atoms with Crippen molar-refractivity contribution in [3.63, 3.8) is 0 Å². The highest BCUT2D eigenvalue weighted by Crippen LogP contribution is 2.35. The molecule has 1 unspecified atom stereocenters. The van der Waals surface area contributed by atoms with Gasteiger partial charge in [-0.3, -0.25) is 4.79 Å². The number of rotatable bonds is 3. The van der Waals surface area contributed by atoms with E-state index < -0.39 is 11.9 Å². The van der Waals surface area contributed by atoms with Crippen molar-refractivity contribution in [2.75, 3.05) is 7.11 Å². The first-order valence-corrected chi connectivity index (χ1v) is 4.92. The molecule has 0 aliphatic carbocycles. The van der Waals surface area contributed by atoms with Crippen molar-refractivity contribution in [3.8, 4) is 5.75 Å². The van der Waals surface area contributed by atoms with Gasteiger partial charge in [0.05, 0.1) is 18.1 Å². The fourth-order valence-electron chi connectivity index (χ4n) is 1.39. The lowest BCUT2D eigenvalue weighted by atomic mass is 9.99. The zero-order valence-electron chi connectivity index (χ0n) is 8.87. The second-order valence-electron chi connectivity index (χ2n) is 3.38. The number of carboxylic acid groups (broad SMARTS) is 1. The molecule has 0 saturated carbocycles. The van der Waals surface area contributed by atoms with Crippen LogP contribution in [0.25, 0.3) is 0 Å². The molecule has 15 heavy (non-hydrogen) atoms. The summed E-state index contributed by atoms with van der Waals surface area (Å²) in [6.45, 7) is 3.46. The van der Waals surface area contributed by atoms with Gasteiger partial charge < -0.3 is 9.84 Å². The Labute approximate surface area is 93.6 Å². The maximum Gasteiger partial charge on any atom is 0.310 e. The Morgan fingerprint density at radius 1 is 1.53 bits per heavy atom. The lowest BCUT2D eigenvalue weighted by Gasteiger charge is -2.13. The Bertz CT molecular complexity index is 388. The van der Waals surface area contributed by atoms with Gasteiger partial charge in [-0.25, -0.2) is 0 Å².